The van der Waals surface area contributed by atoms with E-state index in [4.69, 9.17) is 9.47 Å². The van der Waals surface area contributed by atoms with Gasteiger partial charge in [-0.2, -0.15) is 0 Å². The Bertz CT molecular complexity index is 381. The standard InChI is InChI=1S/C15H25NO2/c1-11(2)18-14-8-7-13(17-6)9-12(14)10-16-15(3,4)5/h7-9,11,16H,10H2,1-6H3. The molecule has 0 aliphatic carbocycles. The Balaban J connectivity index is 2.89. The first-order chi connectivity index (χ1) is 8.31. The summed E-state index contributed by atoms with van der Waals surface area (Å²) in [4.78, 5) is 0. The van der Waals surface area contributed by atoms with Crippen LogP contribution >= 0.6 is 0 Å². The second kappa shape index (κ2) is 6.10. The Hall–Kier alpha value is -1.22. The number of benzene rings is 1. The third kappa shape index (κ3) is 4.96. The highest BCUT2D eigenvalue weighted by atomic mass is 16.5. The van der Waals surface area contributed by atoms with E-state index >= 15 is 0 Å². The van der Waals surface area contributed by atoms with Crippen LogP contribution in [0.3, 0.4) is 0 Å². The Kier molecular flexibility index (Phi) is 5.03. The van der Waals surface area contributed by atoms with Crippen molar-refractivity contribution in [1.82, 2.24) is 5.32 Å². The van der Waals surface area contributed by atoms with E-state index in [-0.39, 0.29) is 11.6 Å². The molecule has 0 heterocycles. The molecule has 102 valence electrons. The average Bonchev–Trinajstić information content (AvgIpc) is 2.26. The van der Waals surface area contributed by atoms with Gasteiger partial charge in [0, 0.05) is 17.6 Å². The van der Waals surface area contributed by atoms with Gasteiger partial charge in [0.15, 0.2) is 0 Å². The fourth-order valence-corrected chi connectivity index (χ4v) is 1.55. The molecule has 0 aromatic heterocycles. The van der Waals surface area contributed by atoms with Crippen LogP contribution in [0.5, 0.6) is 11.5 Å². The van der Waals surface area contributed by atoms with Crippen molar-refractivity contribution in [2.75, 3.05) is 7.11 Å². The van der Waals surface area contributed by atoms with E-state index in [0.29, 0.717) is 0 Å². The van der Waals surface area contributed by atoms with Gasteiger partial charge in [-0.15, -0.1) is 0 Å². The van der Waals surface area contributed by atoms with Crippen LogP contribution in [0.4, 0.5) is 0 Å². The Labute approximate surface area is 110 Å². The van der Waals surface area contributed by atoms with Crippen molar-refractivity contribution in [2.45, 2.75) is 52.8 Å². The third-order valence-corrected chi connectivity index (χ3v) is 2.44. The lowest BCUT2D eigenvalue weighted by Crippen LogP contribution is -2.35. The molecule has 0 bridgehead atoms. The van der Waals surface area contributed by atoms with E-state index in [1.807, 2.05) is 32.0 Å². The maximum absolute atomic E-state index is 5.81. The van der Waals surface area contributed by atoms with Gasteiger partial charge < -0.3 is 14.8 Å². The Morgan fingerprint density at radius 2 is 1.89 bits per heavy atom. The minimum absolute atomic E-state index is 0.0815. The van der Waals surface area contributed by atoms with Gasteiger partial charge in [0.2, 0.25) is 0 Å². The first-order valence-electron chi connectivity index (χ1n) is 6.40. The van der Waals surface area contributed by atoms with E-state index in [2.05, 4.69) is 26.1 Å². The summed E-state index contributed by atoms with van der Waals surface area (Å²) in [6.45, 7) is 11.3. The largest absolute Gasteiger partial charge is 0.497 e. The van der Waals surface area contributed by atoms with Gasteiger partial charge in [0.25, 0.3) is 0 Å². The quantitative estimate of drug-likeness (QED) is 0.870. The smallest absolute Gasteiger partial charge is 0.124 e. The first-order valence-corrected chi connectivity index (χ1v) is 6.40. The predicted octanol–water partition coefficient (Wildman–Crippen LogP) is 3.37. The highest BCUT2D eigenvalue weighted by molar-refractivity contribution is 5.40. The molecule has 18 heavy (non-hydrogen) atoms. The summed E-state index contributed by atoms with van der Waals surface area (Å²) in [5, 5.41) is 3.47. The summed E-state index contributed by atoms with van der Waals surface area (Å²) in [6.07, 6.45) is 0.173. The van der Waals surface area contributed by atoms with E-state index in [9.17, 15) is 0 Å². The van der Waals surface area contributed by atoms with Gasteiger partial charge in [-0.25, -0.2) is 0 Å². The van der Waals surface area contributed by atoms with Crippen LogP contribution in [0.15, 0.2) is 18.2 Å². The van der Waals surface area contributed by atoms with Crippen LogP contribution in [0.1, 0.15) is 40.2 Å². The number of hydrogen-bond acceptors (Lipinski definition) is 3. The summed E-state index contributed by atoms with van der Waals surface area (Å²) in [5.74, 6) is 1.78. The molecule has 0 saturated heterocycles. The van der Waals surface area contributed by atoms with E-state index < -0.39 is 0 Å². The second-order valence-electron chi connectivity index (χ2n) is 5.74. The molecule has 3 heteroatoms. The summed E-state index contributed by atoms with van der Waals surface area (Å²) >= 11 is 0. The molecule has 0 fully saturated rings. The van der Waals surface area contributed by atoms with Crippen molar-refractivity contribution in [3.63, 3.8) is 0 Å². The lowest BCUT2D eigenvalue weighted by Gasteiger charge is -2.22. The lowest BCUT2D eigenvalue weighted by molar-refractivity contribution is 0.238. The van der Waals surface area contributed by atoms with Crippen LogP contribution < -0.4 is 14.8 Å². The summed E-state index contributed by atoms with van der Waals surface area (Å²) in [7, 11) is 1.68. The van der Waals surface area contributed by atoms with E-state index in [1.165, 1.54) is 0 Å². The molecule has 0 amide bonds. The zero-order valence-electron chi connectivity index (χ0n) is 12.3. The van der Waals surface area contributed by atoms with Crippen LogP contribution in [0, 0.1) is 0 Å². The third-order valence-electron chi connectivity index (χ3n) is 2.44. The molecule has 1 N–H and O–H groups in total. The molecule has 1 aromatic rings. The minimum Gasteiger partial charge on any atom is -0.497 e. The Morgan fingerprint density at radius 3 is 2.39 bits per heavy atom. The number of nitrogens with one attached hydrogen (secondary N) is 1. The molecule has 1 rings (SSSR count). The maximum Gasteiger partial charge on any atom is 0.124 e. The topological polar surface area (TPSA) is 30.5 Å². The SMILES string of the molecule is COc1ccc(OC(C)C)c(CNC(C)(C)C)c1. The van der Waals surface area contributed by atoms with Crippen LogP contribution in [-0.2, 0) is 6.54 Å². The molecular weight excluding hydrogens is 226 g/mol. The zero-order chi connectivity index (χ0) is 13.8. The molecule has 0 unspecified atom stereocenters. The molecule has 0 aliphatic rings. The molecule has 0 spiro atoms. The van der Waals surface area contributed by atoms with Crippen molar-refractivity contribution in [2.24, 2.45) is 0 Å². The van der Waals surface area contributed by atoms with E-state index in [1.54, 1.807) is 7.11 Å². The molecule has 1 aromatic carbocycles. The van der Waals surface area contributed by atoms with Crippen molar-refractivity contribution < 1.29 is 9.47 Å². The number of methoxy groups -OCH3 is 1. The molecule has 0 saturated carbocycles. The highest BCUT2D eigenvalue weighted by Gasteiger charge is 2.12. The minimum atomic E-state index is 0.0815. The number of hydrogen-bond donors (Lipinski definition) is 1. The molecule has 0 radical (unpaired) electrons. The molecular formula is C15H25NO2. The number of rotatable bonds is 5. The zero-order valence-corrected chi connectivity index (χ0v) is 12.3. The normalized spacial score (nSPS) is 11.7. The maximum atomic E-state index is 5.81. The lowest BCUT2D eigenvalue weighted by atomic mass is 10.1. The van der Waals surface area contributed by atoms with Crippen molar-refractivity contribution >= 4 is 0 Å². The van der Waals surface area contributed by atoms with Gasteiger partial charge in [-0.3, -0.25) is 0 Å². The van der Waals surface area contributed by atoms with Crippen LogP contribution in [0.25, 0.3) is 0 Å². The Morgan fingerprint density at radius 1 is 1.22 bits per heavy atom. The number of ether oxygens (including phenoxy) is 2. The first kappa shape index (κ1) is 14.8. The van der Waals surface area contributed by atoms with Gasteiger partial charge in [-0.1, -0.05) is 0 Å². The average molecular weight is 251 g/mol. The van der Waals surface area contributed by atoms with Crippen molar-refractivity contribution in [3.05, 3.63) is 23.8 Å². The van der Waals surface area contributed by atoms with E-state index in [0.717, 1.165) is 23.6 Å². The van der Waals surface area contributed by atoms with Crippen LogP contribution in [-0.4, -0.2) is 18.8 Å². The molecule has 0 aliphatic heterocycles. The monoisotopic (exact) mass is 251 g/mol. The summed E-state index contributed by atoms with van der Waals surface area (Å²) < 4.78 is 11.1. The molecule has 3 nitrogen and oxygen atoms in total. The summed E-state index contributed by atoms with van der Waals surface area (Å²) in [6, 6.07) is 5.92. The fourth-order valence-electron chi connectivity index (χ4n) is 1.55. The van der Waals surface area contributed by atoms with Crippen molar-refractivity contribution in [3.8, 4) is 11.5 Å². The van der Waals surface area contributed by atoms with Crippen LogP contribution in [0.2, 0.25) is 0 Å². The predicted molar refractivity (Wildman–Crippen MR) is 75.4 cm³/mol. The van der Waals surface area contributed by atoms with Crippen molar-refractivity contribution in [1.29, 1.82) is 0 Å². The fraction of sp³-hybridized carbons (Fsp3) is 0.600. The molecule has 0 atom stereocenters. The van der Waals surface area contributed by atoms with Gasteiger partial charge >= 0.3 is 0 Å². The van der Waals surface area contributed by atoms with Gasteiger partial charge in [0.05, 0.1) is 13.2 Å². The van der Waals surface area contributed by atoms with Gasteiger partial charge in [0.1, 0.15) is 11.5 Å². The van der Waals surface area contributed by atoms with Gasteiger partial charge in [-0.05, 0) is 52.8 Å². The second-order valence-corrected chi connectivity index (χ2v) is 5.74. The summed E-state index contributed by atoms with van der Waals surface area (Å²) in [5.41, 5.74) is 1.20. The highest BCUT2D eigenvalue weighted by Crippen LogP contribution is 2.25.